The van der Waals surface area contributed by atoms with Crippen LogP contribution in [0.1, 0.15) is 54.4 Å². The summed E-state index contributed by atoms with van der Waals surface area (Å²) in [6.45, 7) is 2.73. The van der Waals surface area contributed by atoms with Crippen molar-refractivity contribution >= 4 is 11.8 Å². The van der Waals surface area contributed by atoms with Gasteiger partial charge in [0.15, 0.2) is 0 Å². The minimum Gasteiger partial charge on any atom is -0.345 e. The van der Waals surface area contributed by atoms with E-state index in [1.165, 1.54) is 18.4 Å². The molecule has 3 fully saturated rings. The first kappa shape index (κ1) is 17.5. The molecule has 0 bridgehead atoms. The van der Waals surface area contributed by atoms with Crippen molar-refractivity contribution in [3.63, 3.8) is 0 Å². The summed E-state index contributed by atoms with van der Waals surface area (Å²) in [7, 11) is 3.54. The molecule has 2 aliphatic heterocycles. The summed E-state index contributed by atoms with van der Waals surface area (Å²) in [4.78, 5) is 31.5. The maximum atomic E-state index is 13.3. The Kier molecular flexibility index (Phi) is 4.51. The van der Waals surface area contributed by atoms with Gasteiger partial charge in [-0.25, -0.2) is 0 Å². The smallest absolute Gasteiger partial charge is 0.253 e. The van der Waals surface area contributed by atoms with Crippen molar-refractivity contribution in [2.45, 2.75) is 56.7 Å². The van der Waals surface area contributed by atoms with Gasteiger partial charge in [0.2, 0.25) is 5.91 Å². The molecule has 1 saturated carbocycles. The lowest BCUT2D eigenvalue weighted by molar-refractivity contribution is -0.148. The normalized spacial score (nSPS) is 26.5. The van der Waals surface area contributed by atoms with Gasteiger partial charge < -0.3 is 9.80 Å². The van der Waals surface area contributed by atoms with E-state index in [0.717, 1.165) is 45.3 Å². The van der Waals surface area contributed by atoms with Crippen molar-refractivity contribution in [2.75, 3.05) is 27.2 Å². The van der Waals surface area contributed by atoms with Gasteiger partial charge in [0.25, 0.3) is 5.91 Å². The molecule has 1 aliphatic carbocycles. The molecule has 1 unspecified atom stereocenters. The summed E-state index contributed by atoms with van der Waals surface area (Å²) in [6, 6.07) is 8.39. The SMILES string of the molecule is CN(C)C(=O)c1ccc(CN2CCCC23CCCN(C2CC2)C3=O)cc1. The van der Waals surface area contributed by atoms with E-state index < -0.39 is 0 Å². The van der Waals surface area contributed by atoms with Gasteiger partial charge in [-0.3, -0.25) is 14.5 Å². The van der Waals surface area contributed by atoms with Crippen LogP contribution in [0.3, 0.4) is 0 Å². The van der Waals surface area contributed by atoms with Gasteiger partial charge in [-0.05, 0) is 62.8 Å². The maximum absolute atomic E-state index is 13.3. The van der Waals surface area contributed by atoms with E-state index in [1.54, 1.807) is 19.0 Å². The number of amides is 2. The molecule has 0 radical (unpaired) electrons. The molecular weight excluding hydrogens is 326 g/mol. The zero-order valence-corrected chi connectivity index (χ0v) is 15.9. The van der Waals surface area contributed by atoms with Crippen LogP contribution in [-0.4, -0.2) is 65.3 Å². The Labute approximate surface area is 155 Å². The van der Waals surface area contributed by atoms with Gasteiger partial charge in [0.1, 0.15) is 5.54 Å². The summed E-state index contributed by atoms with van der Waals surface area (Å²) in [5, 5.41) is 0. The molecule has 3 aliphatic rings. The van der Waals surface area contributed by atoms with E-state index in [2.05, 4.69) is 9.80 Å². The summed E-state index contributed by atoms with van der Waals surface area (Å²) in [5.41, 5.74) is 1.61. The standard InChI is InChI=1S/C21H29N3O2/c1-22(2)19(25)17-7-5-16(6-8-17)15-23-13-3-11-21(23)12-4-14-24(20(21)26)18-9-10-18/h5-8,18H,3-4,9-15H2,1-2H3. The van der Waals surface area contributed by atoms with Crippen LogP contribution in [0.5, 0.6) is 0 Å². The Balaban J connectivity index is 1.50. The average molecular weight is 355 g/mol. The molecule has 1 spiro atoms. The summed E-state index contributed by atoms with van der Waals surface area (Å²) in [5.74, 6) is 0.403. The van der Waals surface area contributed by atoms with Crippen molar-refractivity contribution in [3.05, 3.63) is 35.4 Å². The Morgan fingerprint density at radius 1 is 1.12 bits per heavy atom. The fraction of sp³-hybridized carbons (Fsp3) is 0.619. The number of carbonyl (C=O) groups excluding carboxylic acids is 2. The van der Waals surface area contributed by atoms with E-state index >= 15 is 0 Å². The molecule has 1 aromatic carbocycles. The Morgan fingerprint density at radius 2 is 1.77 bits per heavy atom. The third-order valence-corrected chi connectivity index (χ3v) is 6.24. The Morgan fingerprint density at radius 3 is 2.38 bits per heavy atom. The average Bonchev–Trinajstić information content (AvgIpc) is 3.41. The van der Waals surface area contributed by atoms with Crippen LogP contribution in [0.25, 0.3) is 0 Å². The third kappa shape index (κ3) is 3.02. The van der Waals surface area contributed by atoms with Crippen LogP contribution < -0.4 is 0 Å². The molecule has 5 heteroatoms. The first-order valence-corrected chi connectivity index (χ1v) is 9.88. The van der Waals surface area contributed by atoms with E-state index in [0.29, 0.717) is 17.5 Å². The first-order valence-electron chi connectivity index (χ1n) is 9.88. The van der Waals surface area contributed by atoms with E-state index in [-0.39, 0.29) is 11.4 Å². The highest BCUT2D eigenvalue weighted by molar-refractivity contribution is 5.93. The summed E-state index contributed by atoms with van der Waals surface area (Å²) < 4.78 is 0. The molecule has 2 amide bonds. The lowest BCUT2D eigenvalue weighted by Gasteiger charge is -2.45. The molecule has 140 valence electrons. The van der Waals surface area contributed by atoms with Crippen LogP contribution in [0.4, 0.5) is 0 Å². The van der Waals surface area contributed by atoms with Crippen molar-refractivity contribution in [3.8, 4) is 0 Å². The predicted octanol–water partition coefficient (Wildman–Crippen LogP) is 2.51. The molecule has 0 aromatic heterocycles. The number of piperidine rings is 1. The number of hydrogen-bond acceptors (Lipinski definition) is 3. The Hall–Kier alpha value is -1.88. The van der Waals surface area contributed by atoms with Crippen molar-refractivity contribution in [1.82, 2.24) is 14.7 Å². The van der Waals surface area contributed by atoms with Gasteiger partial charge in [-0.2, -0.15) is 0 Å². The van der Waals surface area contributed by atoms with Crippen molar-refractivity contribution < 1.29 is 9.59 Å². The van der Waals surface area contributed by atoms with Crippen LogP contribution in [0, 0.1) is 0 Å². The molecule has 26 heavy (non-hydrogen) atoms. The van der Waals surface area contributed by atoms with E-state index in [9.17, 15) is 9.59 Å². The third-order valence-electron chi connectivity index (χ3n) is 6.24. The quantitative estimate of drug-likeness (QED) is 0.834. The molecule has 2 heterocycles. The maximum Gasteiger partial charge on any atom is 0.253 e. The molecule has 1 atom stereocenters. The van der Waals surface area contributed by atoms with Crippen molar-refractivity contribution in [2.24, 2.45) is 0 Å². The summed E-state index contributed by atoms with van der Waals surface area (Å²) >= 11 is 0. The van der Waals surface area contributed by atoms with Gasteiger partial charge >= 0.3 is 0 Å². The molecule has 1 aromatic rings. The second kappa shape index (κ2) is 6.69. The fourth-order valence-electron chi connectivity index (χ4n) is 4.67. The minimum atomic E-state index is -0.279. The molecule has 5 nitrogen and oxygen atoms in total. The van der Waals surface area contributed by atoms with Crippen LogP contribution in [0.15, 0.2) is 24.3 Å². The number of rotatable bonds is 4. The number of benzene rings is 1. The lowest BCUT2D eigenvalue weighted by Crippen LogP contribution is -2.60. The fourth-order valence-corrected chi connectivity index (χ4v) is 4.67. The highest BCUT2D eigenvalue weighted by atomic mass is 16.2. The number of carbonyl (C=O) groups is 2. The molecule has 2 saturated heterocycles. The zero-order chi connectivity index (χ0) is 18.3. The largest absolute Gasteiger partial charge is 0.345 e. The zero-order valence-electron chi connectivity index (χ0n) is 15.9. The number of hydrogen-bond donors (Lipinski definition) is 0. The summed E-state index contributed by atoms with van der Waals surface area (Å²) in [6.07, 6.45) is 6.57. The number of nitrogens with zero attached hydrogens (tertiary/aromatic N) is 3. The second-order valence-corrected chi connectivity index (χ2v) is 8.29. The number of likely N-dealkylation sites (tertiary alicyclic amines) is 2. The Bertz CT molecular complexity index is 696. The molecule has 0 N–H and O–H groups in total. The lowest BCUT2D eigenvalue weighted by atomic mass is 9.85. The van der Waals surface area contributed by atoms with Gasteiger partial charge in [-0.1, -0.05) is 12.1 Å². The first-order chi connectivity index (χ1) is 12.5. The highest BCUT2D eigenvalue weighted by Crippen LogP contribution is 2.42. The monoisotopic (exact) mass is 355 g/mol. The van der Waals surface area contributed by atoms with Crippen LogP contribution in [-0.2, 0) is 11.3 Å². The van der Waals surface area contributed by atoms with E-state index in [4.69, 9.17) is 0 Å². The minimum absolute atomic E-state index is 0.0247. The van der Waals surface area contributed by atoms with Crippen LogP contribution >= 0.6 is 0 Å². The van der Waals surface area contributed by atoms with Gasteiger partial charge in [0.05, 0.1) is 0 Å². The molecule has 4 rings (SSSR count). The predicted molar refractivity (Wildman–Crippen MR) is 101 cm³/mol. The topological polar surface area (TPSA) is 43.9 Å². The second-order valence-electron chi connectivity index (χ2n) is 8.29. The molecular formula is C21H29N3O2. The van der Waals surface area contributed by atoms with Gasteiger partial charge in [-0.15, -0.1) is 0 Å². The van der Waals surface area contributed by atoms with E-state index in [1.807, 2.05) is 24.3 Å². The van der Waals surface area contributed by atoms with Crippen molar-refractivity contribution in [1.29, 1.82) is 0 Å². The van der Waals surface area contributed by atoms with Crippen LogP contribution in [0.2, 0.25) is 0 Å². The highest BCUT2D eigenvalue weighted by Gasteiger charge is 2.52. The van der Waals surface area contributed by atoms with Gasteiger partial charge in [0, 0.05) is 38.8 Å².